The first-order chi connectivity index (χ1) is 12.2. The Kier molecular flexibility index (Phi) is 8.17. The Bertz CT molecular complexity index is 608. The number of rotatable bonds is 11. The minimum absolute atomic E-state index is 0.202. The first-order valence-electron chi connectivity index (χ1n) is 9.39. The van der Waals surface area contributed by atoms with E-state index in [2.05, 4.69) is 36.5 Å². The highest BCUT2D eigenvalue weighted by Gasteiger charge is 2.00. The highest BCUT2D eigenvalue weighted by Crippen LogP contribution is 2.19. The van der Waals surface area contributed by atoms with Crippen molar-refractivity contribution in [2.45, 2.75) is 59.1 Å². The van der Waals surface area contributed by atoms with Gasteiger partial charge >= 0.3 is 0 Å². The Hall–Kier alpha value is -2.16. The molecule has 0 fully saturated rings. The molecule has 2 aromatic rings. The summed E-state index contributed by atoms with van der Waals surface area (Å²) in [6.07, 6.45) is 5.10. The van der Waals surface area contributed by atoms with E-state index in [4.69, 9.17) is 9.47 Å². The maximum atomic E-state index is 5.84. The van der Waals surface area contributed by atoms with E-state index in [1.807, 2.05) is 38.1 Å². The monoisotopic (exact) mass is 341 g/mol. The van der Waals surface area contributed by atoms with E-state index in [-0.39, 0.29) is 6.10 Å². The zero-order valence-electron chi connectivity index (χ0n) is 15.8. The van der Waals surface area contributed by atoms with Crippen LogP contribution in [-0.2, 0) is 6.54 Å². The largest absolute Gasteiger partial charge is 0.494 e. The maximum absolute atomic E-state index is 5.84. The molecular weight excluding hydrogens is 310 g/mol. The van der Waals surface area contributed by atoms with E-state index < -0.39 is 0 Å². The smallest absolute Gasteiger partial charge is 0.121 e. The second-order valence-corrected chi connectivity index (χ2v) is 6.60. The van der Waals surface area contributed by atoms with Crippen LogP contribution in [0.25, 0.3) is 0 Å². The van der Waals surface area contributed by atoms with Gasteiger partial charge in [0.05, 0.1) is 12.7 Å². The summed E-state index contributed by atoms with van der Waals surface area (Å²) in [7, 11) is 0. The summed E-state index contributed by atoms with van der Waals surface area (Å²) in [6, 6.07) is 16.4. The molecule has 0 heterocycles. The van der Waals surface area contributed by atoms with Crippen LogP contribution in [0, 0.1) is 0 Å². The van der Waals surface area contributed by atoms with Crippen molar-refractivity contribution in [3.8, 4) is 11.5 Å². The molecule has 1 N–H and O–H groups in total. The van der Waals surface area contributed by atoms with Crippen LogP contribution in [0.1, 0.15) is 52.0 Å². The summed E-state index contributed by atoms with van der Waals surface area (Å²) < 4.78 is 11.5. The van der Waals surface area contributed by atoms with Crippen molar-refractivity contribution >= 4 is 5.69 Å². The first-order valence-corrected chi connectivity index (χ1v) is 9.39. The van der Waals surface area contributed by atoms with E-state index in [1.165, 1.54) is 24.8 Å². The van der Waals surface area contributed by atoms with Gasteiger partial charge in [0.25, 0.3) is 0 Å². The van der Waals surface area contributed by atoms with Gasteiger partial charge in [-0.25, -0.2) is 0 Å². The predicted octanol–water partition coefficient (Wildman–Crippen LogP) is 6.05. The van der Waals surface area contributed by atoms with Gasteiger partial charge < -0.3 is 14.8 Å². The average molecular weight is 341 g/mol. The van der Waals surface area contributed by atoms with Crippen LogP contribution in [0.2, 0.25) is 0 Å². The van der Waals surface area contributed by atoms with Gasteiger partial charge in [-0.05, 0) is 50.1 Å². The lowest BCUT2D eigenvalue weighted by molar-refractivity contribution is 0.242. The van der Waals surface area contributed by atoms with Gasteiger partial charge in [-0.2, -0.15) is 0 Å². The molecule has 0 amide bonds. The molecule has 0 bridgehead atoms. The Balaban J connectivity index is 1.79. The van der Waals surface area contributed by atoms with Gasteiger partial charge in [0.15, 0.2) is 0 Å². The third-order valence-electron chi connectivity index (χ3n) is 3.89. The maximum Gasteiger partial charge on any atom is 0.121 e. The van der Waals surface area contributed by atoms with E-state index >= 15 is 0 Å². The summed E-state index contributed by atoms with van der Waals surface area (Å²) in [6.45, 7) is 7.87. The number of anilines is 1. The Morgan fingerprint density at radius 2 is 1.72 bits per heavy atom. The van der Waals surface area contributed by atoms with Crippen LogP contribution in [0.5, 0.6) is 11.5 Å². The Morgan fingerprint density at radius 3 is 2.44 bits per heavy atom. The van der Waals surface area contributed by atoms with Crippen LogP contribution in [0.4, 0.5) is 5.69 Å². The van der Waals surface area contributed by atoms with Crippen LogP contribution >= 0.6 is 0 Å². The van der Waals surface area contributed by atoms with Gasteiger partial charge in [-0.1, -0.05) is 44.4 Å². The summed E-state index contributed by atoms with van der Waals surface area (Å²) >= 11 is 0. The molecule has 0 atom stereocenters. The van der Waals surface area contributed by atoms with Crippen LogP contribution in [0.15, 0.2) is 48.5 Å². The lowest BCUT2D eigenvalue weighted by Crippen LogP contribution is -2.05. The molecule has 136 valence electrons. The molecule has 25 heavy (non-hydrogen) atoms. The second kappa shape index (κ2) is 10.7. The van der Waals surface area contributed by atoms with Gasteiger partial charge in [-0.3, -0.25) is 0 Å². The summed E-state index contributed by atoms with van der Waals surface area (Å²) in [5.74, 6) is 1.85. The number of hydrogen-bond donors (Lipinski definition) is 1. The molecule has 0 saturated carbocycles. The highest BCUT2D eigenvalue weighted by atomic mass is 16.5. The van der Waals surface area contributed by atoms with Crippen molar-refractivity contribution < 1.29 is 9.47 Å². The molecule has 0 aliphatic rings. The van der Waals surface area contributed by atoms with Gasteiger partial charge in [0.2, 0.25) is 0 Å². The minimum Gasteiger partial charge on any atom is -0.494 e. The van der Waals surface area contributed by atoms with E-state index in [0.29, 0.717) is 0 Å². The zero-order chi connectivity index (χ0) is 17.9. The lowest BCUT2D eigenvalue weighted by Gasteiger charge is -2.12. The van der Waals surface area contributed by atoms with Gasteiger partial charge in [0.1, 0.15) is 11.5 Å². The predicted molar refractivity (Wildman–Crippen MR) is 106 cm³/mol. The fourth-order valence-corrected chi connectivity index (χ4v) is 2.58. The van der Waals surface area contributed by atoms with E-state index in [0.717, 1.165) is 36.8 Å². The second-order valence-electron chi connectivity index (χ2n) is 6.60. The normalized spacial score (nSPS) is 10.7. The molecule has 3 nitrogen and oxygen atoms in total. The van der Waals surface area contributed by atoms with E-state index in [9.17, 15) is 0 Å². The van der Waals surface area contributed by atoms with Crippen molar-refractivity contribution in [3.63, 3.8) is 0 Å². The fraction of sp³-hybridized carbons (Fsp3) is 0.455. The van der Waals surface area contributed by atoms with Crippen LogP contribution < -0.4 is 14.8 Å². The van der Waals surface area contributed by atoms with Crippen molar-refractivity contribution in [1.29, 1.82) is 0 Å². The van der Waals surface area contributed by atoms with Crippen molar-refractivity contribution in [1.82, 2.24) is 0 Å². The SMILES string of the molecule is CCCCCCOc1cccc(NCc2ccc(OC(C)C)cc2)c1. The topological polar surface area (TPSA) is 30.5 Å². The van der Waals surface area contributed by atoms with Crippen LogP contribution in [0.3, 0.4) is 0 Å². The summed E-state index contributed by atoms with van der Waals surface area (Å²) in [5, 5.41) is 3.45. The van der Waals surface area contributed by atoms with E-state index in [1.54, 1.807) is 0 Å². The number of benzene rings is 2. The number of hydrogen-bond acceptors (Lipinski definition) is 3. The molecular formula is C22H31NO2. The number of nitrogens with one attached hydrogen (secondary N) is 1. The minimum atomic E-state index is 0.202. The van der Waals surface area contributed by atoms with Crippen molar-refractivity contribution in [3.05, 3.63) is 54.1 Å². The van der Waals surface area contributed by atoms with Crippen molar-refractivity contribution in [2.75, 3.05) is 11.9 Å². The third kappa shape index (κ3) is 7.51. The molecule has 0 aromatic heterocycles. The first kappa shape index (κ1) is 19.2. The molecule has 2 aromatic carbocycles. The molecule has 0 aliphatic carbocycles. The third-order valence-corrected chi connectivity index (χ3v) is 3.89. The van der Waals surface area contributed by atoms with Gasteiger partial charge in [-0.15, -0.1) is 0 Å². The van der Waals surface area contributed by atoms with Gasteiger partial charge in [0, 0.05) is 18.3 Å². The molecule has 0 unspecified atom stereocenters. The molecule has 3 heteroatoms. The average Bonchev–Trinajstić information content (AvgIpc) is 2.61. The highest BCUT2D eigenvalue weighted by molar-refractivity contribution is 5.48. The molecule has 0 radical (unpaired) electrons. The van der Waals surface area contributed by atoms with Crippen LogP contribution in [-0.4, -0.2) is 12.7 Å². The number of unbranched alkanes of at least 4 members (excludes halogenated alkanes) is 3. The van der Waals surface area contributed by atoms with Crippen molar-refractivity contribution in [2.24, 2.45) is 0 Å². The zero-order valence-corrected chi connectivity index (χ0v) is 15.8. The molecule has 0 saturated heterocycles. The molecule has 0 aliphatic heterocycles. The summed E-state index contributed by atoms with van der Waals surface area (Å²) in [5.41, 5.74) is 2.30. The lowest BCUT2D eigenvalue weighted by atomic mass is 10.2. The molecule has 0 spiro atoms. The Morgan fingerprint density at radius 1 is 0.920 bits per heavy atom. The standard InChI is InChI=1S/C22H31NO2/c1-4-5-6-7-15-24-22-10-8-9-20(16-22)23-17-19-11-13-21(14-12-19)25-18(2)3/h8-14,16,18,23H,4-7,15,17H2,1-3H3. The quantitative estimate of drug-likeness (QED) is 0.505. The molecule has 2 rings (SSSR count). The summed E-state index contributed by atoms with van der Waals surface area (Å²) in [4.78, 5) is 0. The Labute approximate surface area is 152 Å². The fourth-order valence-electron chi connectivity index (χ4n) is 2.58. The number of ether oxygens (including phenoxy) is 2.